The summed E-state index contributed by atoms with van der Waals surface area (Å²) in [7, 11) is 3.22. The van der Waals surface area contributed by atoms with E-state index >= 15 is 0 Å². The predicted molar refractivity (Wildman–Crippen MR) is 110 cm³/mol. The van der Waals surface area contributed by atoms with Gasteiger partial charge >= 0.3 is 6.18 Å². The molecule has 1 aromatic heterocycles. The van der Waals surface area contributed by atoms with Gasteiger partial charge in [-0.2, -0.15) is 13.2 Å². The van der Waals surface area contributed by atoms with Gasteiger partial charge in [-0.1, -0.05) is 18.2 Å². The van der Waals surface area contributed by atoms with Gasteiger partial charge in [-0.05, 0) is 29.8 Å². The number of hydrogen-bond acceptors (Lipinski definition) is 5. The minimum Gasteiger partial charge on any atom is -0.493 e. The van der Waals surface area contributed by atoms with Crippen molar-refractivity contribution in [1.29, 1.82) is 0 Å². The van der Waals surface area contributed by atoms with Crippen LogP contribution in [0.2, 0.25) is 0 Å². The van der Waals surface area contributed by atoms with Gasteiger partial charge in [-0.3, -0.25) is 4.90 Å². The minimum absolute atomic E-state index is 0.445. The molecule has 2 aromatic carbocycles. The fraction of sp³-hybridized carbons (Fsp3) is 0.304. The van der Waals surface area contributed by atoms with Crippen molar-refractivity contribution in [3.05, 3.63) is 71.0 Å². The summed E-state index contributed by atoms with van der Waals surface area (Å²) in [6.07, 6.45) is -1.83. The summed E-state index contributed by atoms with van der Waals surface area (Å²) in [6, 6.07) is 10.8. The standard InChI is InChI=1S/C23H22F3N3O2/c1-30-20-8-3-15(11-21(20)31-2)13-29-10-9-19-17(14-29)12-27-22(28-19)16-4-6-18(7-5-16)23(24,25)26/h3-8,11-12H,9-10,13-14H2,1-2H3. The summed E-state index contributed by atoms with van der Waals surface area (Å²) >= 11 is 0. The van der Waals surface area contributed by atoms with Crippen molar-refractivity contribution in [3.8, 4) is 22.9 Å². The molecule has 2 heterocycles. The molecule has 0 radical (unpaired) electrons. The van der Waals surface area contributed by atoms with E-state index in [-0.39, 0.29) is 0 Å². The van der Waals surface area contributed by atoms with Crippen molar-refractivity contribution >= 4 is 0 Å². The number of nitrogens with zero attached hydrogens (tertiary/aromatic N) is 3. The molecule has 0 amide bonds. The van der Waals surface area contributed by atoms with Gasteiger partial charge in [0.2, 0.25) is 0 Å². The number of rotatable bonds is 5. The Kier molecular flexibility index (Phi) is 5.82. The molecule has 4 rings (SSSR count). The Bertz CT molecular complexity index is 1070. The Balaban J connectivity index is 1.47. The lowest BCUT2D eigenvalue weighted by atomic mass is 10.1. The van der Waals surface area contributed by atoms with Crippen molar-refractivity contribution in [1.82, 2.24) is 14.9 Å². The average molecular weight is 429 g/mol. The molecule has 3 aromatic rings. The highest BCUT2D eigenvalue weighted by Gasteiger charge is 2.30. The van der Waals surface area contributed by atoms with E-state index in [9.17, 15) is 13.2 Å². The Morgan fingerprint density at radius 1 is 1.00 bits per heavy atom. The Hall–Kier alpha value is -3.13. The van der Waals surface area contributed by atoms with Crippen LogP contribution in [0.3, 0.4) is 0 Å². The normalized spacial score (nSPS) is 14.2. The molecule has 0 unspecified atom stereocenters. The molecule has 1 aliphatic heterocycles. The maximum atomic E-state index is 12.8. The number of hydrogen-bond donors (Lipinski definition) is 0. The fourth-order valence-corrected chi connectivity index (χ4v) is 3.69. The van der Waals surface area contributed by atoms with Gasteiger partial charge in [0.25, 0.3) is 0 Å². The first-order valence-electron chi connectivity index (χ1n) is 9.83. The number of alkyl halides is 3. The highest BCUT2D eigenvalue weighted by atomic mass is 19.4. The van der Waals surface area contributed by atoms with Gasteiger partial charge in [0, 0.05) is 43.4 Å². The highest BCUT2D eigenvalue weighted by molar-refractivity contribution is 5.56. The number of aromatic nitrogens is 2. The van der Waals surface area contributed by atoms with Crippen LogP contribution >= 0.6 is 0 Å². The number of ether oxygens (including phenoxy) is 2. The van der Waals surface area contributed by atoms with Crippen LogP contribution in [0.15, 0.2) is 48.7 Å². The van der Waals surface area contributed by atoms with E-state index in [4.69, 9.17) is 9.47 Å². The topological polar surface area (TPSA) is 47.5 Å². The smallest absolute Gasteiger partial charge is 0.416 e. The first-order valence-corrected chi connectivity index (χ1v) is 9.83. The van der Waals surface area contributed by atoms with E-state index in [2.05, 4.69) is 14.9 Å². The van der Waals surface area contributed by atoms with Gasteiger partial charge < -0.3 is 9.47 Å². The zero-order valence-corrected chi connectivity index (χ0v) is 17.2. The second-order valence-electron chi connectivity index (χ2n) is 7.39. The quantitative estimate of drug-likeness (QED) is 0.587. The molecule has 31 heavy (non-hydrogen) atoms. The summed E-state index contributed by atoms with van der Waals surface area (Å²) in [5.74, 6) is 1.84. The van der Waals surface area contributed by atoms with E-state index < -0.39 is 11.7 Å². The van der Waals surface area contributed by atoms with Gasteiger partial charge in [0.05, 0.1) is 25.5 Å². The third-order valence-electron chi connectivity index (χ3n) is 5.34. The third kappa shape index (κ3) is 4.64. The summed E-state index contributed by atoms with van der Waals surface area (Å²) in [5.41, 5.74) is 2.97. The van der Waals surface area contributed by atoms with E-state index in [1.807, 2.05) is 18.2 Å². The van der Waals surface area contributed by atoms with E-state index in [0.29, 0.717) is 29.4 Å². The summed E-state index contributed by atoms with van der Waals surface area (Å²) in [5, 5.41) is 0. The van der Waals surface area contributed by atoms with Crippen LogP contribution in [-0.4, -0.2) is 35.6 Å². The van der Waals surface area contributed by atoms with E-state index in [1.54, 1.807) is 20.4 Å². The summed E-state index contributed by atoms with van der Waals surface area (Å²) in [4.78, 5) is 11.3. The van der Waals surface area contributed by atoms with Crippen molar-refractivity contribution in [2.45, 2.75) is 25.7 Å². The van der Waals surface area contributed by atoms with Crippen LogP contribution in [0.25, 0.3) is 11.4 Å². The van der Waals surface area contributed by atoms with Gasteiger partial charge in [0.15, 0.2) is 17.3 Å². The molecule has 162 valence electrons. The fourth-order valence-electron chi connectivity index (χ4n) is 3.69. The molecule has 0 N–H and O–H groups in total. The molecular formula is C23H22F3N3O2. The molecule has 0 fully saturated rings. The van der Waals surface area contributed by atoms with Crippen LogP contribution in [0.4, 0.5) is 13.2 Å². The third-order valence-corrected chi connectivity index (χ3v) is 5.34. The highest BCUT2D eigenvalue weighted by Crippen LogP contribution is 2.31. The summed E-state index contributed by atoms with van der Waals surface area (Å²) in [6.45, 7) is 2.28. The zero-order chi connectivity index (χ0) is 22.0. The van der Waals surface area contributed by atoms with Crippen molar-refractivity contribution in [2.24, 2.45) is 0 Å². The van der Waals surface area contributed by atoms with Gasteiger partial charge in [0.1, 0.15) is 0 Å². The van der Waals surface area contributed by atoms with Crippen LogP contribution in [0.1, 0.15) is 22.4 Å². The van der Waals surface area contributed by atoms with Crippen LogP contribution in [-0.2, 0) is 25.7 Å². The molecule has 0 saturated heterocycles. The Morgan fingerprint density at radius 3 is 2.42 bits per heavy atom. The number of halogens is 3. The number of methoxy groups -OCH3 is 2. The van der Waals surface area contributed by atoms with E-state index in [1.165, 1.54) is 12.1 Å². The molecule has 0 aliphatic carbocycles. The van der Waals surface area contributed by atoms with Crippen LogP contribution in [0.5, 0.6) is 11.5 Å². The first kappa shape index (κ1) is 21.1. The maximum Gasteiger partial charge on any atom is 0.416 e. The second-order valence-corrected chi connectivity index (χ2v) is 7.39. The largest absolute Gasteiger partial charge is 0.493 e. The molecule has 0 bridgehead atoms. The van der Waals surface area contributed by atoms with Crippen LogP contribution < -0.4 is 9.47 Å². The first-order chi connectivity index (χ1) is 14.9. The van der Waals surface area contributed by atoms with Crippen molar-refractivity contribution in [3.63, 3.8) is 0 Å². The van der Waals surface area contributed by atoms with E-state index in [0.717, 1.165) is 48.5 Å². The van der Waals surface area contributed by atoms with Crippen molar-refractivity contribution in [2.75, 3.05) is 20.8 Å². The molecule has 0 atom stereocenters. The molecule has 0 saturated carbocycles. The van der Waals surface area contributed by atoms with Crippen molar-refractivity contribution < 1.29 is 22.6 Å². The Morgan fingerprint density at radius 2 is 1.74 bits per heavy atom. The molecular weight excluding hydrogens is 407 g/mol. The monoisotopic (exact) mass is 429 g/mol. The van der Waals surface area contributed by atoms with Gasteiger partial charge in [-0.25, -0.2) is 9.97 Å². The predicted octanol–water partition coefficient (Wildman–Crippen LogP) is 4.74. The SMILES string of the molecule is COc1ccc(CN2CCc3nc(-c4ccc(C(F)(F)F)cc4)ncc3C2)cc1OC. The second kappa shape index (κ2) is 8.55. The number of benzene rings is 2. The van der Waals surface area contributed by atoms with Gasteiger partial charge in [-0.15, -0.1) is 0 Å². The van der Waals surface area contributed by atoms with Crippen LogP contribution in [0, 0.1) is 0 Å². The lowest BCUT2D eigenvalue weighted by Crippen LogP contribution is -2.31. The lowest BCUT2D eigenvalue weighted by Gasteiger charge is -2.28. The lowest BCUT2D eigenvalue weighted by molar-refractivity contribution is -0.137. The Labute approximate surface area is 178 Å². The molecule has 5 nitrogen and oxygen atoms in total. The molecule has 1 aliphatic rings. The summed E-state index contributed by atoms with van der Waals surface area (Å²) < 4.78 is 49.0. The maximum absolute atomic E-state index is 12.8. The molecule has 8 heteroatoms. The number of fused-ring (bicyclic) bond motifs is 1. The average Bonchev–Trinajstić information content (AvgIpc) is 2.78. The molecule has 0 spiro atoms. The zero-order valence-electron chi connectivity index (χ0n) is 17.2. The minimum atomic E-state index is -4.35.